The first kappa shape index (κ1) is 20.1. The van der Waals surface area contributed by atoms with Crippen molar-refractivity contribution in [2.75, 3.05) is 50.3 Å². The first-order valence-corrected chi connectivity index (χ1v) is 10.6. The van der Waals surface area contributed by atoms with Crippen LogP contribution in [0.3, 0.4) is 0 Å². The van der Waals surface area contributed by atoms with Crippen LogP contribution in [-0.2, 0) is 4.79 Å². The molecule has 0 radical (unpaired) electrons. The average Bonchev–Trinajstić information content (AvgIpc) is 2.67. The van der Waals surface area contributed by atoms with Crippen LogP contribution in [0.4, 0.5) is 10.1 Å². The van der Waals surface area contributed by atoms with Crippen LogP contribution in [0.15, 0.2) is 53.4 Å². The lowest BCUT2D eigenvalue weighted by Crippen LogP contribution is -3.28. The Morgan fingerprint density at radius 1 is 1.04 bits per heavy atom. The standard InChI is InChI=1S/C20H23ClFN3OS/c21-18-3-1-2-4-19(18)23-20(26)15-25-11-9-24(10-12-25)13-14-27-17-7-5-16(22)6-8-17/h1-8H,9-15H2,(H,23,26)/p+2. The third-order valence-corrected chi connectivity index (χ3v) is 6.10. The molecule has 0 aromatic heterocycles. The summed E-state index contributed by atoms with van der Waals surface area (Å²) in [6.07, 6.45) is 0. The van der Waals surface area contributed by atoms with Gasteiger partial charge in [0.05, 0.1) is 17.3 Å². The van der Waals surface area contributed by atoms with Crippen molar-refractivity contribution in [3.63, 3.8) is 0 Å². The van der Waals surface area contributed by atoms with Gasteiger partial charge in [0.15, 0.2) is 6.54 Å². The number of nitrogens with one attached hydrogen (secondary N) is 3. The predicted molar refractivity (Wildman–Crippen MR) is 108 cm³/mol. The molecule has 0 unspecified atom stereocenters. The molecule has 1 fully saturated rings. The maximum Gasteiger partial charge on any atom is 0.279 e. The van der Waals surface area contributed by atoms with Crippen molar-refractivity contribution in [2.45, 2.75) is 4.90 Å². The molecular formula is C20H25ClFN3OS+2. The Labute approximate surface area is 168 Å². The van der Waals surface area contributed by atoms with Crippen LogP contribution in [0.1, 0.15) is 0 Å². The first-order chi connectivity index (χ1) is 13.1. The molecule has 1 aliphatic rings. The minimum absolute atomic E-state index is 0.00779. The number of hydrogen-bond donors (Lipinski definition) is 3. The molecule has 1 heterocycles. The van der Waals surface area contributed by atoms with Gasteiger partial charge in [0.25, 0.3) is 5.91 Å². The second-order valence-electron chi connectivity index (χ2n) is 6.76. The highest BCUT2D eigenvalue weighted by atomic mass is 35.5. The number of carbonyl (C=O) groups excluding carboxylic acids is 1. The average molecular weight is 410 g/mol. The van der Waals surface area contributed by atoms with Crippen LogP contribution in [0.5, 0.6) is 0 Å². The summed E-state index contributed by atoms with van der Waals surface area (Å²) in [7, 11) is 0. The van der Waals surface area contributed by atoms with Gasteiger partial charge < -0.3 is 15.1 Å². The number of thioether (sulfide) groups is 1. The van der Waals surface area contributed by atoms with Crippen LogP contribution in [-0.4, -0.2) is 50.9 Å². The molecule has 27 heavy (non-hydrogen) atoms. The zero-order valence-electron chi connectivity index (χ0n) is 15.1. The third kappa shape index (κ3) is 6.50. The summed E-state index contributed by atoms with van der Waals surface area (Å²) >= 11 is 7.85. The van der Waals surface area contributed by atoms with Gasteiger partial charge >= 0.3 is 0 Å². The van der Waals surface area contributed by atoms with Crippen molar-refractivity contribution in [1.82, 2.24) is 0 Å². The second kappa shape index (κ2) is 10.1. The number of piperazine rings is 1. The number of halogens is 2. The lowest BCUT2D eigenvalue weighted by Gasteiger charge is -2.29. The molecule has 0 bridgehead atoms. The van der Waals surface area contributed by atoms with E-state index >= 15 is 0 Å². The molecule has 144 valence electrons. The first-order valence-electron chi connectivity index (χ1n) is 9.20. The molecule has 0 spiro atoms. The normalized spacial score (nSPS) is 19.6. The van der Waals surface area contributed by atoms with Gasteiger partial charge in [-0.3, -0.25) is 4.79 Å². The SMILES string of the molecule is O=C(C[NH+]1CC[NH+](CCSc2ccc(F)cc2)CC1)Nc1ccccc1Cl. The number of carbonyl (C=O) groups is 1. The van der Waals surface area contributed by atoms with Gasteiger partial charge in [-0.1, -0.05) is 23.7 Å². The molecule has 1 aliphatic heterocycles. The third-order valence-electron chi connectivity index (χ3n) is 4.76. The fourth-order valence-corrected chi connectivity index (χ4v) is 4.35. The Hall–Kier alpha value is -1.60. The lowest BCUT2D eigenvalue weighted by molar-refractivity contribution is -1.01. The van der Waals surface area contributed by atoms with E-state index in [1.54, 1.807) is 22.7 Å². The van der Waals surface area contributed by atoms with Crippen LogP contribution in [0, 0.1) is 5.82 Å². The molecule has 0 saturated carbocycles. The van der Waals surface area contributed by atoms with Gasteiger partial charge in [-0.05, 0) is 36.4 Å². The molecule has 1 amide bonds. The van der Waals surface area contributed by atoms with Gasteiger partial charge in [-0.25, -0.2) is 4.39 Å². The molecule has 1 saturated heterocycles. The summed E-state index contributed by atoms with van der Waals surface area (Å²) in [5, 5.41) is 3.46. The number of quaternary nitrogens is 2. The highest BCUT2D eigenvalue weighted by Gasteiger charge is 2.24. The Morgan fingerprint density at radius 3 is 2.41 bits per heavy atom. The van der Waals surface area contributed by atoms with Crippen LogP contribution < -0.4 is 15.1 Å². The van der Waals surface area contributed by atoms with E-state index in [1.165, 1.54) is 17.0 Å². The molecule has 0 aliphatic carbocycles. The molecule has 3 rings (SSSR count). The van der Waals surface area contributed by atoms with E-state index in [1.807, 2.05) is 30.3 Å². The summed E-state index contributed by atoms with van der Waals surface area (Å²) in [4.78, 5) is 16.2. The molecule has 2 aromatic rings. The molecule has 2 aromatic carbocycles. The fourth-order valence-electron chi connectivity index (χ4n) is 3.21. The van der Waals surface area contributed by atoms with Crippen LogP contribution in [0.2, 0.25) is 5.02 Å². The summed E-state index contributed by atoms with van der Waals surface area (Å²) in [6, 6.07) is 14.0. The van der Waals surface area contributed by atoms with E-state index in [-0.39, 0.29) is 11.7 Å². The highest BCUT2D eigenvalue weighted by molar-refractivity contribution is 7.99. The Morgan fingerprint density at radius 2 is 1.70 bits per heavy atom. The number of amides is 1. The summed E-state index contributed by atoms with van der Waals surface area (Å²) < 4.78 is 12.9. The smallest absolute Gasteiger partial charge is 0.279 e. The molecule has 7 heteroatoms. The van der Waals surface area contributed by atoms with Gasteiger partial charge in [-0.2, -0.15) is 0 Å². The highest BCUT2D eigenvalue weighted by Crippen LogP contribution is 2.20. The fraction of sp³-hybridized carbons (Fsp3) is 0.350. The van der Waals surface area contributed by atoms with E-state index in [0.717, 1.165) is 43.4 Å². The van der Waals surface area contributed by atoms with E-state index in [9.17, 15) is 9.18 Å². The zero-order chi connectivity index (χ0) is 19.1. The number of hydrogen-bond acceptors (Lipinski definition) is 2. The van der Waals surface area contributed by atoms with E-state index in [2.05, 4.69) is 5.32 Å². The topological polar surface area (TPSA) is 38.0 Å². The second-order valence-corrected chi connectivity index (χ2v) is 8.33. The summed E-state index contributed by atoms with van der Waals surface area (Å²) in [6.45, 7) is 5.68. The Bertz CT molecular complexity index is 751. The van der Waals surface area contributed by atoms with Gasteiger partial charge in [0.1, 0.15) is 32.0 Å². The lowest BCUT2D eigenvalue weighted by atomic mass is 10.3. The predicted octanol–water partition coefficient (Wildman–Crippen LogP) is 0.993. The quantitative estimate of drug-likeness (QED) is 0.597. The van der Waals surface area contributed by atoms with Crippen molar-refractivity contribution < 1.29 is 19.0 Å². The van der Waals surface area contributed by atoms with Gasteiger partial charge in [0, 0.05) is 10.6 Å². The molecule has 0 atom stereocenters. The minimum Gasteiger partial charge on any atom is -0.325 e. The molecule has 3 N–H and O–H groups in total. The Kier molecular flexibility index (Phi) is 7.52. The van der Waals surface area contributed by atoms with E-state index in [0.29, 0.717) is 17.3 Å². The van der Waals surface area contributed by atoms with Gasteiger partial charge in [0.2, 0.25) is 0 Å². The van der Waals surface area contributed by atoms with Crippen molar-refractivity contribution in [2.24, 2.45) is 0 Å². The number of para-hydroxylation sites is 1. The maximum atomic E-state index is 12.9. The van der Waals surface area contributed by atoms with Crippen molar-refractivity contribution in [3.05, 3.63) is 59.4 Å². The van der Waals surface area contributed by atoms with Crippen LogP contribution in [0.25, 0.3) is 0 Å². The molecular weight excluding hydrogens is 385 g/mol. The maximum absolute atomic E-state index is 12.9. The largest absolute Gasteiger partial charge is 0.325 e. The summed E-state index contributed by atoms with van der Waals surface area (Å²) in [5.41, 5.74) is 0.672. The van der Waals surface area contributed by atoms with E-state index < -0.39 is 0 Å². The number of anilines is 1. The summed E-state index contributed by atoms with van der Waals surface area (Å²) in [5.74, 6) is 0.833. The van der Waals surface area contributed by atoms with Crippen molar-refractivity contribution in [3.8, 4) is 0 Å². The Balaban J connectivity index is 1.34. The number of benzene rings is 2. The van der Waals surface area contributed by atoms with Crippen molar-refractivity contribution >= 4 is 35.0 Å². The van der Waals surface area contributed by atoms with Crippen LogP contribution >= 0.6 is 23.4 Å². The van der Waals surface area contributed by atoms with Gasteiger partial charge in [-0.15, -0.1) is 11.8 Å². The minimum atomic E-state index is -0.192. The molecule has 4 nitrogen and oxygen atoms in total. The number of rotatable bonds is 7. The van der Waals surface area contributed by atoms with E-state index in [4.69, 9.17) is 11.6 Å². The zero-order valence-corrected chi connectivity index (χ0v) is 16.7. The monoisotopic (exact) mass is 409 g/mol. The van der Waals surface area contributed by atoms with Crippen molar-refractivity contribution in [1.29, 1.82) is 0 Å².